The quantitative estimate of drug-likeness (QED) is 0.817. The lowest BCUT2D eigenvalue weighted by atomic mass is 10.2. The lowest BCUT2D eigenvalue weighted by Crippen LogP contribution is -2.16. The van der Waals surface area contributed by atoms with Crippen molar-refractivity contribution in [3.63, 3.8) is 0 Å². The summed E-state index contributed by atoms with van der Waals surface area (Å²) >= 11 is 5.39. The first-order valence-corrected chi connectivity index (χ1v) is 6.46. The normalized spacial score (nSPS) is 10.3. The Morgan fingerprint density at radius 2 is 2.15 bits per heavy atom. The molecule has 1 rings (SSSR count). The van der Waals surface area contributed by atoms with Crippen molar-refractivity contribution in [1.82, 2.24) is 5.32 Å². The first-order valence-electron chi connectivity index (χ1n) is 4.27. The average molecular weight is 260 g/mol. The van der Waals surface area contributed by atoms with Crippen LogP contribution in [-0.2, 0) is 6.54 Å². The van der Waals surface area contributed by atoms with Crippen molar-refractivity contribution in [1.29, 1.82) is 0 Å². The molecule has 0 atom stereocenters. The molecule has 0 radical (unpaired) electrons. The topological polar surface area (TPSA) is 12.0 Å². The van der Waals surface area contributed by atoms with E-state index in [9.17, 15) is 0 Å². The molecule has 0 aliphatic rings. The summed E-state index contributed by atoms with van der Waals surface area (Å²) in [7, 11) is 0. The Kier molecular flexibility index (Phi) is 5.51. The highest BCUT2D eigenvalue weighted by Gasteiger charge is 1.96. The summed E-state index contributed by atoms with van der Waals surface area (Å²) < 4.78 is 1.19. The molecule has 0 saturated carbocycles. The number of benzene rings is 1. The van der Waals surface area contributed by atoms with Crippen LogP contribution in [0.5, 0.6) is 0 Å². The van der Waals surface area contributed by atoms with Gasteiger partial charge in [-0.15, -0.1) is 0 Å². The van der Waals surface area contributed by atoms with Crippen LogP contribution in [0.3, 0.4) is 0 Å². The molecule has 0 saturated heterocycles. The zero-order chi connectivity index (χ0) is 9.52. The van der Waals surface area contributed by atoms with Crippen molar-refractivity contribution < 1.29 is 0 Å². The minimum atomic E-state index is 0.946. The number of hydrogen-bond acceptors (Lipinski definition) is 2. The molecule has 3 heteroatoms. The molecule has 0 amide bonds. The highest BCUT2D eigenvalue weighted by Crippen LogP contribution is 2.15. The molecule has 72 valence electrons. The zero-order valence-electron chi connectivity index (χ0n) is 7.72. The summed E-state index contributed by atoms with van der Waals surface area (Å²) in [6.07, 6.45) is 2.13. The maximum atomic E-state index is 3.52. The van der Waals surface area contributed by atoms with Gasteiger partial charge in [0.2, 0.25) is 0 Å². The van der Waals surface area contributed by atoms with E-state index in [0.717, 1.165) is 13.1 Å². The minimum Gasteiger partial charge on any atom is -0.312 e. The number of thioether (sulfide) groups is 1. The summed E-state index contributed by atoms with van der Waals surface area (Å²) in [5.41, 5.74) is 1.32. The fourth-order valence-electron chi connectivity index (χ4n) is 1.04. The number of rotatable bonds is 5. The van der Waals surface area contributed by atoms with Crippen LogP contribution in [0.1, 0.15) is 5.56 Å². The van der Waals surface area contributed by atoms with Crippen LogP contribution >= 0.6 is 27.7 Å². The lowest BCUT2D eigenvalue weighted by molar-refractivity contribution is 0.730. The van der Waals surface area contributed by atoms with Crippen LogP contribution in [0.15, 0.2) is 28.7 Å². The predicted molar refractivity (Wildman–Crippen MR) is 64.2 cm³/mol. The van der Waals surface area contributed by atoms with Crippen LogP contribution in [0.25, 0.3) is 0 Å². The van der Waals surface area contributed by atoms with Gasteiger partial charge in [-0.25, -0.2) is 0 Å². The second kappa shape index (κ2) is 6.46. The van der Waals surface area contributed by atoms with Gasteiger partial charge in [-0.2, -0.15) is 11.8 Å². The van der Waals surface area contributed by atoms with Gasteiger partial charge < -0.3 is 5.32 Å². The molecule has 1 nitrogen and oxygen atoms in total. The number of hydrogen-bond donors (Lipinski definition) is 1. The first kappa shape index (κ1) is 11.1. The minimum absolute atomic E-state index is 0.946. The highest BCUT2D eigenvalue weighted by atomic mass is 79.9. The molecule has 1 aromatic carbocycles. The Hall–Kier alpha value is 0.01000. The van der Waals surface area contributed by atoms with Crippen molar-refractivity contribution >= 4 is 27.7 Å². The van der Waals surface area contributed by atoms with Gasteiger partial charge in [0.25, 0.3) is 0 Å². The highest BCUT2D eigenvalue weighted by molar-refractivity contribution is 9.10. The van der Waals surface area contributed by atoms with Gasteiger partial charge in [-0.1, -0.05) is 34.1 Å². The molecular weight excluding hydrogens is 246 g/mol. The Balaban J connectivity index is 2.32. The van der Waals surface area contributed by atoms with E-state index < -0.39 is 0 Å². The zero-order valence-corrected chi connectivity index (χ0v) is 10.1. The Labute approximate surface area is 92.4 Å². The lowest BCUT2D eigenvalue weighted by Gasteiger charge is -2.05. The van der Waals surface area contributed by atoms with Gasteiger partial charge in [0.05, 0.1) is 0 Å². The standard InChI is InChI=1S/C10H14BrNS/c1-13-7-6-12-8-9-4-2-3-5-10(9)11/h2-5,12H,6-8H2,1H3. The molecule has 0 aliphatic carbocycles. The van der Waals surface area contributed by atoms with Crippen molar-refractivity contribution in [3.05, 3.63) is 34.3 Å². The van der Waals surface area contributed by atoms with Crippen molar-refractivity contribution in [2.45, 2.75) is 6.54 Å². The van der Waals surface area contributed by atoms with Crippen LogP contribution in [-0.4, -0.2) is 18.6 Å². The maximum Gasteiger partial charge on any atom is 0.0220 e. The molecule has 0 aromatic heterocycles. The van der Waals surface area contributed by atoms with Crippen LogP contribution in [0.2, 0.25) is 0 Å². The molecule has 13 heavy (non-hydrogen) atoms. The summed E-state index contributed by atoms with van der Waals surface area (Å²) in [6.45, 7) is 2.02. The molecule has 1 N–H and O–H groups in total. The van der Waals surface area contributed by atoms with Crippen molar-refractivity contribution in [3.8, 4) is 0 Å². The van der Waals surface area contributed by atoms with E-state index in [1.807, 2.05) is 17.8 Å². The summed E-state index contributed by atoms with van der Waals surface area (Å²) in [5.74, 6) is 1.17. The molecular formula is C10H14BrNS. The van der Waals surface area contributed by atoms with E-state index >= 15 is 0 Å². The molecule has 0 unspecified atom stereocenters. The molecule has 0 aliphatic heterocycles. The predicted octanol–water partition coefficient (Wildman–Crippen LogP) is 2.90. The molecule has 0 spiro atoms. The van der Waals surface area contributed by atoms with Crippen molar-refractivity contribution in [2.75, 3.05) is 18.6 Å². The third-order valence-corrected chi connectivity index (χ3v) is 3.14. The molecule has 0 fully saturated rings. The van der Waals surface area contributed by atoms with Crippen molar-refractivity contribution in [2.24, 2.45) is 0 Å². The third kappa shape index (κ3) is 4.16. The fourth-order valence-corrected chi connectivity index (χ4v) is 1.81. The average Bonchev–Trinajstić information content (AvgIpc) is 2.15. The van der Waals surface area contributed by atoms with E-state index in [0.29, 0.717) is 0 Å². The van der Waals surface area contributed by atoms with Crippen LogP contribution in [0.4, 0.5) is 0 Å². The van der Waals surface area contributed by atoms with Gasteiger partial charge in [0.15, 0.2) is 0 Å². The van der Waals surface area contributed by atoms with Crippen LogP contribution in [0, 0.1) is 0 Å². The second-order valence-electron chi connectivity index (χ2n) is 2.76. The van der Waals surface area contributed by atoms with Gasteiger partial charge in [-0.05, 0) is 17.9 Å². The molecule has 0 heterocycles. The molecule has 1 aromatic rings. The van der Waals surface area contributed by atoms with Gasteiger partial charge in [0, 0.05) is 23.3 Å². The maximum absolute atomic E-state index is 3.52. The van der Waals surface area contributed by atoms with Gasteiger partial charge in [-0.3, -0.25) is 0 Å². The third-order valence-electron chi connectivity index (χ3n) is 1.76. The van der Waals surface area contributed by atoms with Gasteiger partial charge >= 0.3 is 0 Å². The Morgan fingerprint density at radius 1 is 1.38 bits per heavy atom. The van der Waals surface area contributed by atoms with E-state index in [4.69, 9.17) is 0 Å². The molecule has 0 bridgehead atoms. The summed E-state index contributed by atoms with van der Waals surface area (Å²) in [4.78, 5) is 0. The summed E-state index contributed by atoms with van der Waals surface area (Å²) in [6, 6.07) is 8.31. The second-order valence-corrected chi connectivity index (χ2v) is 4.60. The van der Waals surface area contributed by atoms with Gasteiger partial charge in [0.1, 0.15) is 0 Å². The van der Waals surface area contributed by atoms with E-state index in [-0.39, 0.29) is 0 Å². The number of nitrogens with one attached hydrogen (secondary N) is 1. The van der Waals surface area contributed by atoms with E-state index in [1.165, 1.54) is 15.8 Å². The largest absolute Gasteiger partial charge is 0.312 e. The fraction of sp³-hybridized carbons (Fsp3) is 0.400. The first-order chi connectivity index (χ1) is 6.34. The Bertz CT molecular complexity index is 252. The summed E-state index contributed by atoms with van der Waals surface area (Å²) in [5, 5.41) is 3.39. The van der Waals surface area contributed by atoms with Crippen LogP contribution < -0.4 is 5.32 Å². The Morgan fingerprint density at radius 3 is 2.85 bits per heavy atom. The monoisotopic (exact) mass is 259 g/mol. The smallest absolute Gasteiger partial charge is 0.0220 e. The van der Waals surface area contributed by atoms with E-state index in [2.05, 4.69) is 45.7 Å². The van der Waals surface area contributed by atoms with E-state index in [1.54, 1.807) is 0 Å². The SMILES string of the molecule is CSCCNCc1ccccc1Br. The number of halogens is 1.